The van der Waals surface area contributed by atoms with Crippen molar-refractivity contribution in [2.45, 2.75) is 70.5 Å². The molecule has 3 atom stereocenters. The standard InChI is InChI=1S/C37H43FN4O5/c1-25-13-15-30-20-29(25)23-39-36(45)32(16-14-26-8-3-2-4-9-26)41-37(46)33(40-34(43)21-28-11-5-6-12-31(28)38)22-35(44)42-18-7-10-27(24-42)17-19-47-30/h2-6,8-9,11-13,15,20,27,32-33H,7,10,14,16-19,21-24H2,1H3,(H,39,45)(H,40,43)(H,41,46)/t27?,32-,33-/m0/s1. The van der Waals surface area contributed by atoms with E-state index in [0.717, 1.165) is 36.0 Å². The van der Waals surface area contributed by atoms with Crippen molar-refractivity contribution >= 4 is 23.6 Å². The summed E-state index contributed by atoms with van der Waals surface area (Å²) in [5.74, 6) is -1.48. The first-order chi connectivity index (χ1) is 22.7. The number of carbonyl (C=O) groups is 4. The molecule has 2 heterocycles. The van der Waals surface area contributed by atoms with Gasteiger partial charge >= 0.3 is 0 Å². The molecule has 3 N–H and O–H groups in total. The summed E-state index contributed by atoms with van der Waals surface area (Å²) in [5, 5.41) is 8.47. The van der Waals surface area contributed by atoms with Crippen LogP contribution in [0.1, 0.15) is 54.4 Å². The Balaban J connectivity index is 1.40. The quantitative estimate of drug-likeness (QED) is 0.376. The Kier molecular flexibility index (Phi) is 11.6. The molecule has 0 saturated carbocycles. The number of fused-ring (bicyclic) bond motifs is 4. The second-order valence-electron chi connectivity index (χ2n) is 12.5. The summed E-state index contributed by atoms with van der Waals surface area (Å²) in [7, 11) is 0. The van der Waals surface area contributed by atoms with Gasteiger partial charge in [-0.25, -0.2) is 4.39 Å². The molecule has 3 aromatic carbocycles. The minimum absolute atomic E-state index is 0.178. The predicted octanol–water partition coefficient (Wildman–Crippen LogP) is 4.01. The third-order valence-corrected chi connectivity index (χ3v) is 8.98. The number of benzene rings is 3. The highest BCUT2D eigenvalue weighted by Crippen LogP contribution is 2.23. The molecule has 10 heteroatoms. The van der Waals surface area contributed by atoms with Crippen LogP contribution in [0.3, 0.4) is 0 Å². The van der Waals surface area contributed by atoms with E-state index in [1.807, 2.05) is 55.5 Å². The number of aryl methyl sites for hydroxylation is 2. The maximum atomic E-state index is 14.3. The first-order valence-corrected chi connectivity index (χ1v) is 16.4. The van der Waals surface area contributed by atoms with Gasteiger partial charge in [-0.1, -0.05) is 54.6 Å². The number of hydrogen-bond donors (Lipinski definition) is 3. The second-order valence-corrected chi connectivity index (χ2v) is 12.5. The lowest BCUT2D eigenvalue weighted by molar-refractivity contribution is -0.138. The molecule has 2 aliphatic heterocycles. The summed E-state index contributed by atoms with van der Waals surface area (Å²) >= 11 is 0. The van der Waals surface area contributed by atoms with Crippen LogP contribution in [0.15, 0.2) is 72.8 Å². The zero-order valence-corrected chi connectivity index (χ0v) is 26.8. The van der Waals surface area contributed by atoms with Crippen molar-refractivity contribution in [1.29, 1.82) is 0 Å². The first kappa shape index (κ1) is 33.6. The molecule has 1 fully saturated rings. The topological polar surface area (TPSA) is 117 Å². The van der Waals surface area contributed by atoms with E-state index < -0.39 is 29.7 Å². The molecule has 47 heavy (non-hydrogen) atoms. The maximum Gasteiger partial charge on any atom is 0.243 e. The third kappa shape index (κ3) is 9.64. The Labute approximate surface area is 275 Å². The van der Waals surface area contributed by atoms with Gasteiger partial charge < -0.3 is 25.6 Å². The Morgan fingerprint density at radius 2 is 1.79 bits per heavy atom. The van der Waals surface area contributed by atoms with Gasteiger partial charge in [0.25, 0.3) is 0 Å². The van der Waals surface area contributed by atoms with Crippen molar-refractivity contribution < 1.29 is 28.3 Å². The number of nitrogens with one attached hydrogen (secondary N) is 3. The number of nitrogens with zero attached hydrogens (tertiary/aromatic N) is 1. The van der Waals surface area contributed by atoms with Crippen LogP contribution in [0.5, 0.6) is 5.75 Å². The van der Waals surface area contributed by atoms with Gasteiger partial charge in [0, 0.05) is 19.6 Å². The lowest BCUT2D eigenvalue weighted by Crippen LogP contribution is -2.55. The zero-order chi connectivity index (χ0) is 33.2. The van der Waals surface area contributed by atoms with Gasteiger partial charge in [-0.2, -0.15) is 0 Å². The summed E-state index contributed by atoms with van der Waals surface area (Å²) < 4.78 is 20.4. The monoisotopic (exact) mass is 642 g/mol. The number of hydrogen-bond acceptors (Lipinski definition) is 5. The average molecular weight is 643 g/mol. The van der Waals surface area contributed by atoms with Crippen LogP contribution >= 0.6 is 0 Å². The Morgan fingerprint density at radius 3 is 2.60 bits per heavy atom. The molecule has 4 amide bonds. The minimum Gasteiger partial charge on any atom is -0.494 e. The number of rotatable bonds is 6. The summed E-state index contributed by atoms with van der Waals surface area (Å²) in [6, 6.07) is 19.2. The van der Waals surface area contributed by atoms with E-state index >= 15 is 0 Å². The lowest BCUT2D eigenvalue weighted by atomic mass is 9.94. The van der Waals surface area contributed by atoms with Crippen LogP contribution in [0.4, 0.5) is 4.39 Å². The number of carbonyl (C=O) groups excluding carboxylic acids is 4. The molecule has 2 aliphatic rings. The van der Waals surface area contributed by atoms with Crippen LogP contribution in [0.2, 0.25) is 0 Å². The number of amides is 4. The molecule has 4 bridgehead atoms. The predicted molar refractivity (Wildman–Crippen MR) is 176 cm³/mol. The van der Waals surface area contributed by atoms with Gasteiger partial charge in [0.15, 0.2) is 0 Å². The van der Waals surface area contributed by atoms with Crippen LogP contribution in [-0.4, -0.2) is 60.3 Å². The van der Waals surface area contributed by atoms with E-state index in [4.69, 9.17) is 4.74 Å². The van der Waals surface area contributed by atoms with Gasteiger partial charge in [0.05, 0.1) is 19.4 Å². The van der Waals surface area contributed by atoms with E-state index in [1.165, 1.54) is 18.2 Å². The van der Waals surface area contributed by atoms with Crippen LogP contribution in [0, 0.1) is 18.7 Å². The molecule has 1 saturated heterocycles. The molecular weight excluding hydrogens is 599 g/mol. The molecular formula is C37H43FN4O5. The molecule has 0 aliphatic carbocycles. The molecule has 0 aromatic heterocycles. The highest BCUT2D eigenvalue weighted by molar-refractivity contribution is 5.95. The molecule has 0 spiro atoms. The SMILES string of the molecule is Cc1ccc2cc1CNC(=O)[C@H](CCc1ccccc1)NC(=O)[C@@H](NC(=O)Cc1ccccc1F)CC(=O)N1CCCC(CCO2)C1. The van der Waals surface area contributed by atoms with Crippen LogP contribution in [0.25, 0.3) is 0 Å². The minimum atomic E-state index is -1.25. The maximum absolute atomic E-state index is 14.3. The fourth-order valence-electron chi connectivity index (χ4n) is 6.17. The van der Waals surface area contributed by atoms with E-state index in [0.29, 0.717) is 38.3 Å². The third-order valence-electron chi connectivity index (χ3n) is 8.98. The van der Waals surface area contributed by atoms with Gasteiger partial charge in [-0.3, -0.25) is 19.2 Å². The smallest absolute Gasteiger partial charge is 0.243 e. The van der Waals surface area contributed by atoms with Crippen molar-refractivity contribution in [3.8, 4) is 5.75 Å². The molecule has 3 aromatic rings. The van der Waals surface area contributed by atoms with Crippen LogP contribution < -0.4 is 20.7 Å². The summed E-state index contributed by atoms with van der Waals surface area (Å²) in [4.78, 5) is 56.0. The number of halogens is 1. The van der Waals surface area contributed by atoms with Crippen molar-refractivity contribution in [1.82, 2.24) is 20.9 Å². The Morgan fingerprint density at radius 1 is 1.00 bits per heavy atom. The van der Waals surface area contributed by atoms with Gasteiger partial charge in [-0.15, -0.1) is 0 Å². The Bertz CT molecular complexity index is 1570. The van der Waals surface area contributed by atoms with Crippen molar-refractivity contribution in [3.05, 3.63) is 101 Å². The second kappa shape index (κ2) is 16.2. The van der Waals surface area contributed by atoms with Crippen molar-refractivity contribution in [2.24, 2.45) is 5.92 Å². The highest BCUT2D eigenvalue weighted by atomic mass is 19.1. The normalized spacial score (nSPS) is 21.0. The molecule has 5 rings (SSSR count). The van der Waals surface area contributed by atoms with E-state index in [9.17, 15) is 23.6 Å². The summed E-state index contributed by atoms with van der Waals surface area (Å²) in [6.07, 6.45) is 2.77. The number of piperidine rings is 1. The first-order valence-electron chi connectivity index (χ1n) is 16.4. The fraction of sp³-hybridized carbons (Fsp3) is 0.405. The largest absolute Gasteiger partial charge is 0.494 e. The highest BCUT2D eigenvalue weighted by Gasteiger charge is 2.32. The lowest BCUT2D eigenvalue weighted by Gasteiger charge is -2.34. The summed E-state index contributed by atoms with van der Waals surface area (Å²) in [6.45, 7) is 3.77. The van der Waals surface area contributed by atoms with E-state index in [1.54, 1.807) is 11.0 Å². The van der Waals surface area contributed by atoms with Crippen molar-refractivity contribution in [3.63, 3.8) is 0 Å². The average Bonchev–Trinajstić information content (AvgIpc) is 3.07. The molecule has 248 valence electrons. The molecule has 1 unspecified atom stereocenters. The molecule has 0 radical (unpaired) electrons. The summed E-state index contributed by atoms with van der Waals surface area (Å²) in [5.41, 5.74) is 3.07. The van der Waals surface area contributed by atoms with Crippen molar-refractivity contribution in [2.75, 3.05) is 19.7 Å². The zero-order valence-electron chi connectivity index (χ0n) is 26.8. The van der Waals surface area contributed by atoms with E-state index in [-0.39, 0.29) is 42.7 Å². The molecule has 9 nitrogen and oxygen atoms in total. The van der Waals surface area contributed by atoms with Gasteiger partial charge in [0.1, 0.15) is 23.7 Å². The number of ether oxygens (including phenoxy) is 1. The fourth-order valence-corrected chi connectivity index (χ4v) is 6.17. The van der Waals surface area contributed by atoms with E-state index in [2.05, 4.69) is 16.0 Å². The van der Waals surface area contributed by atoms with Gasteiger partial charge in [0.2, 0.25) is 23.6 Å². The van der Waals surface area contributed by atoms with Gasteiger partial charge in [-0.05, 0) is 85.4 Å². The van der Waals surface area contributed by atoms with Crippen LogP contribution in [-0.2, 0) is 38.6 Å². The Hall–Kier alpha value is -4.73.